The van der Waals surface area contributed by atoms with Gasteiger partial charge in [-0.3, -0.25) is 4.90 Å². The number of hydrogen-bond donors (Lipinski definition) is 1. The van der Waals surface area contributed by atoms with Crippen LogP contribution in [-0.4, -0.2) is 55.7 Å². The fourth-order valence-electron chi connectivity index (χ4n) is 5.45. The molecule has 1 N–H and O–H groups in total. The molecular weight excluding hydrogens is 444 g/mol. The molecule has 2 aliphatic heterocycles. The Hall–Kier alpha value is -1.93. The van der Waals surface area contributed by atoms with Crippen molar-refractivity contribution in [3.05, 3.63) is 21.9 Å². The molecule has 0 spiro atoms. The lowest BCUT2D eigenvalue weighted by atomic mass is 9.71. The SMILES string of the molecule is CC(C)(C)[C@]12CC[C@@H](CN(c3nc(Cl)nc4c(F)c(Cl)nc(C5CC5)c34)C1)N2C(=O)O. The summed E-state index contributed by atoms with van der Waals surface area (Å²) in [5.74, 6) is 0.00700. The summed E-state index contributed by atoms with van der Waals surface area (Å²) in [6.07, 6.45) is 2.53. The zero-order chi connectivity index (χ0) is 22.3. The molecule has 0 radical (unpaired) electrons. The second kappa shape index (κ2) is 6.78. The average molecular weight is 468 g/mol. The maximum absolute atomic E-state index is 14.9. The van der Waals surface area contributed by atoms with Gasteiger partial charge >= 0.3 is 6.09 Å². The van der Waals surface area contributed by atoms with Crippen molar-refractivity contribution in [1.29, 1.82) is 0 Å². The van der Waals surface area contributed by atoms with Crippen molar-refractivity contribution in [2.75, 3.05) is 18.0 Å². The third-order valence-corrected chi connectivity index (χ3v) is 7.61. The minimum Gasteiger partial charge on any atom is -0.465 e. The van der Waals surface area contributed by atoms with E-state index in [0.717, 1.165) is 25.7 Å². The van der Waals surface area contributed by atoms with Crippen LogP contribution in [-0.2, 0) is 0 Å². The summed E-state index contributed by atoms with van der Waals surface area (Å²) in [6.45, 7) is 7.10. The Morgan fingerprint density at radius 1 is 1.19 bits per heavy atom. The normalized spacial score (nSPS) is 26.1. The van der Waals surface area contributed by atoms with Crippen molar-refractivity contribution >= 4 is 46.0 Å². The van der Waals surface area contributed by atoms with Crippen LogP contribution >= 0.6 is 23.2 Å². The number of amides is 1. The Bertz CT molecular complexity index is 1100. The minimum absolute atomic E-state index is 0.0665. The first-order valence-corrected chi connectivity index (χ1v) is 11.3. The van der Waals surface area contributed by atoms with Crippen LogP contribution in [0.1, 0.15) is 58.1 Å². The molecule has 4 heterocycles. The maximum Gasteiger partial charge on any atom is 0.408 e. The Morgan fingerprint density at radius 3 is 2.52 bits per heavy atom. The number of rotatable bonds is 2. The summed E-state index contributed by atoms with van der Waals surface area (Å²) in [7, 11) is 0. The number of hydrogen-bond acceptors (Lipinski definition) is 5. The smallest absolute Gasteiger partial charge is 0.408 e. The van der Waals surface area contributed by atoms with Crippen molar-refractivity contribution in [2.45, 2.75) is 64.0 Å². The van der Waals surface area contributed by atoms with E-state index in [2.05, 4.69) is 40.6 Å². The zero-order valence-electron chi connectivity index (χ0n) is 17.6. The second-order valence-electron chi connectivity index (χ2n) is 9.92. The van der Waals surface area contributed by atoms with Gasteiger partial charge in [-0.2, -0.15) is 4.98 Å². The molecule has 0 aromatic carbocycles. The number of anilines is 1. The molecular formula is C21H24Cl2FN5O2. The van der Waals surface area contributed by atoms with E-state index in [1.54, 1.807) is 4.90 Å². The van der Waals surface area contributed by atoms with E-state index < -0.39 is 17.4 Å². The lowest BCUT2D eigenvalue weighted by Gasteiger charge is -2.54. The van der Waals surface area contributed by atoms with E-state index in [1.165, 1.54) is 0 Å². The van der Waals surface area contributed by atoms with Gasteiger partial charge in [-0.15, -0.1) is 0 Å². The second-order valence-corrected chi connectivity index (χ2v) is 10.6. The summed E-state index contributed by atoms with van der Waals surface area (Å²) in [4.78, 5) is 28.9. The quantitative estimate of drug-likeness (QED) is 0.488. The van der Waals surface area contributed by atoms with Gasteiger partial charge < -0.3 is 10.0 Å². The van der Waals surface area contributed by atoms with E-state index in [0.29, 0.717) is 30.0 Å². The number of carboxylic acid groups (broad SMARTS) is 1. The van der Waals surface area contributed by atoms with Crippen LogP contribution in [0.2, 0.25) is 10.4 Å². The highest BCUT2D eigenvalue weighted by atomic mass is 35.5. The van der Waals surface area contributed by atoms with Gasteiger partial charge in [0.15, 0.2) is 11.0 Å². The van der Waals surface area contributed by atoms with Crippen LogP contribution < -0.4 is 4.90 Å². The maximum atomic E-state index is 14.9. The van der Waals surface area contributed by atoms with E-state index in [-0.39, 0.29) is 33.3 Å². The minimum atomic E-state index is -0.902. The molecule has 1 saturated carbocycles. The molecule has 3 fully saturated rings. The molecule has 3 aliphatic rings. The number of nitrogens with zero attached hydrogens (tertiary/aromatic N) is 5. The van der Waals surface area contributed by atoms with Crippen molar-refractivity contribution in [2.24, 2.45) is 5.41 Å². The van der Waals surface area contributed by atoms with Crippen molar-refractivity contribution in [1.82, 2.24) is 19.9 Å². The molecule has 2 aromatic heterocycles. The number of fused-ring (bicyclic) bond motifs is 3. The summed E-state index contributed by atoms with van der Waals surface area (Å²) in [5.41, 5.74) is -0.123. The third kappa shape index (κ3) is 3.05. The highest BCUT2D eigenvalue weighted by Gasteiger charge is 2.59. The predicted molar refractivity (Wildman–Crippen MR) is 117 cm³/mol. The van der Waals surface area contributed by atoms with Gasteiger partial charge in [0.25, 0.3) is 0 Å². The lowest BCUT2D eigenvalue weighted by molar-refractivity contribution is 0.00532. The first-order chi connectivity index (χ1) is 14.5. The number of carbonyl (C=O) groups is 1. The van der Waals surface area contributed by atoms with Crippen LogP contribution in [0.5, 0.6) is 0 Å². The van der Waals surface area contributed by atoms with Gasteiger partial charge in [-0.05, 0) is 42.7 Å². The first kappa shape index (κ1) is 20.9. The van der Waals surface area contributed by atoms with Gasteiger partial charge in [0, 0.05) is 19.0 Å². The standard InChI is InChI=1S/C21H24Cl2FN5O2/c1-20(2,3)21-7-6-11(29(21)19(30)31)8-28(9-21)17-12-14(10-4-5-10)25-16(22)13(24)15(12)26-18(23)27-17/h10-11H,4-9H2,1-3H3,(H,30,31)/t11-,21-/m0/s1. The number of aromatic nitrogens is 3. The van der Waals surface area contributed by atoms with Gasteiger partial charge in [0.1, 0.15) is 11.3 Å². The van der Waals surface area contributed by atoms with E-state index in [9.17, 15) is 14.3 Å². The Labute approximate surface area is 189 Å². The molecule has 166 valence electrons. The third-order valence-electron chi connectivity index (χ3n) is 7.19. The zero-order valence-corrected chi connectivity index (χ0v) is 19.1. The average Bonchev–Trinajstić information content (AvgIpc) is 3.48. The number of halogens is 3. The first-order valence-electron chi connectivity index (χ1n) is 10.5. The van der Waals surface area contributed by atoms with Crippen LogP contribution in [0, 0.1) is 11.2 Å². The lowest BCUT2D eigenvalue weighted by Crippen LogP contribution is -2.68. The van der Waals surface area contributed by atoms with Crippen LogP contribution in [0.15, 0.2) is 0 Å². The monoisotopic (exact) mass is 467 g/mol. The van der Waals surface area contributed by atoms with Crippen LogP contribution in [0.25, 0.3) is 10.9 Å². The predicted octanol–water partition coefficient (Wildman–Crippen LogP) is 5.10. The fourth-order valence-corrected chi connectivity index (χ4v) is 5.79. The number of piperazine rings is 1. The van der Waals surface area contributed by atoms with Crippen LogP contribution in [0.3, 0.4) is 0 Å². The molecule has 5 rings (SSSR count). The van der Waals surface area contributed by atoms with Crippen molar-refractivity contribution in [3.63, 3.8) is 0 Å². The largest absolute Gasteiger partial charge is 0.465 e. The molecule has 7 nitrogen and oxygen atoms in total. The van der Waals surface area contributed by atoms with E-state index >= 15 is 0 Å². The van der Waals surface area contributed by atoms with E-state index in [1.807, 2.05) is 0 Å². The Morgan fingerprint density at radius 2 is 1.90 bits per heavy atom. The van der Waals surface area contributed by atoms with Gasteiger partial charge in [-0.25, -0.2) is 19.2 Å². The molecule has 31 heavy (non-hydrogen) atoms. The van der Waals surface area contributed by atoms with Crippen molar-refractivity contribution < 1.29 is 14.3 Å². The Kier molecular flexibility index (Phi) is 4.58. The van der Waals surface area contributed by atoms with Gasteiger partial charge in [-0.1, -0.05) is 32.4 Å². The fraction of sp³-hybridized carbons (Fsp3) is 0.619. The van der Waals surface area contributed by atoms with Crippen molar-refractivity contribution in [3.8, 4) is 0 Å². The summed E-state index contributed by atoms with van der Waals surface area (Å²) < 4.78 is 14.9. The molecule has 10 heteroatoms. The van der Waals surface area contributed by atoms with Crippen LogP contribution in [0.4, 0.5) is 15.0 Å². The summed E-state index contributed by atoms with van der Waals surface area (Å²) in [5, 5.41) is 10.3. The summed E-state index contributed by atoms with van der Waals surface area (Å²) >= 11 is 12.3. The van der Waals surface area contributed by atoms with E-state index in [4.69, 9.17) is 23.2 Å². The van der Waals surface area contributed by atoms with Gasteiger partial charge in [0.2, 0.25) is 5.28 Å². The molecule has 1 amide bonds. The Balaban J connectivity index is 1.71. The molecule has 2 bridgehead atoms. The number of pyridine rings is 1. The topological polar surface area (TPSA) is 82.5 Å². The highest BCUT2D eigenvalue weighted by Crippen LogP contribution is 2.51. The molecule has 1 aliphatic carbocycles. The van der Waals surface area contributed by atoms with Gasteiger partial charge in [0.05, 0.1) is 22.7 Å². The molecule has 2 saturated heterocycles. The summed E-state index contributed by atoms with van der Waals surface area (Å²) in [6, 6.07) is -0.177. The molecule has 2 aromatic rings. The molecule has 0 unspecified atom stereocenters. The highest BCUT2D eigenvalue weighted by molar-refractivity contribution is 6.31. The molecule has 2 atom stereocenters.